The van der Waals surface area contributed by atoms with Gasteiger partial charge < -0.3 is 30.6 Å². The molecule has 25 heavy (non-hydrogen) atoms. The highest BCUT2D eigenvalue weighted by Crippen LogP contribution is 2.03. The number of carbonyl (C=O) groups excluding carboxylic acids is 1. The van der Waals surface area contributed by atoms with Crippen molar-refractivity contribution in [1.82, 2.24) is 4.90 Å². The maximum atomic E-state index is 12.3. The Balaban J connectivity index is 2.36. The minimum atomic E-state index is -0.367. The van der Waals surface area contributed by atoms with E-state index in [4.69, 9.17) is 25.7 Å². The number of benzene rings is 1. The molecule has 142 valence electrons. The molecule has 0 aromatic heterocycles. The second-order valence-corrected chi connectivity index (χ2v) is 5.54. The zero-order chi connectivity index (χ0) is 18.2. The maximum Gasteiger partial charge on any atom is 0.410 e. The van der Waals surface area contributed by atoms with Gasteiger partial charge in [0.2, 0.25) is 0 Å². The van der Waals surface area contributed by atoms with Gasteiger partial charge in [0.1, 0.15) is 6.61 Å². The summed E-state index contributed by atoms with van der Waals surface area (Å²) < 4.78 is 16.3. The average Bonchev–Trinajstić information content (AvgIpc) is 2.65. The number of nitrogens with zero attached hydrogens (tertiary/aromatic N) is 1. The molecule has 1 aromatic carbocycles. The molecule has 0 aliphatic heterocycles. The fourth-order valence-electron chi connectivity index (χ4n) is 2.03. The van der Waals surface area contributed by atoms with E-state index in [1.54, 1.807) is 4.90 Å². The Morgan fingerprint density at radius 2 is 1.44 bits per heavy atom. The molecule has 4 N–H and O–H groups in total. The summed E-state index contributed by atoms with van der Waals surface area (Å²) in [5.74, 6) is 0. The maximum absolute atomic E-state index is 12.3. The van der Waals surface area contributed by atoms with Crippen molar-refractivity contribution in [3.63, 3.8) is 0 Å². The van der Waals surface area contributed by atoms with Crippen molar-refractivity contribution in [2.24, 2.45) is 11.5 Å². The number of nitrogens with two attached hydrogens (primary N) is 2. The molecule has 7 heteroatoms. The van der Waals surface area contributed by atoms with E-state index in [9.17, 15) is 4.79 Å². The molecule has 1 rings (SSSR count). The van der Waals surface area contributed by atoms with E-state index in [-0.39, 0.29) is 12.7 Å². The van der Waals surface area contributed by atoms with E-state index in [0.29, 0.717) is 52.6 Å². The van der Waals surface area contributed by atoms with Crippen LogP contribution >= 0.6 is 0 Å². The second-order valence-electron chi connectivity index (χ2n) is 5.54. The summed E-state index contributed by atoms with van der Waals surface area (Å²) in [5, 5.41) is 0. The van der Waals surface area contributed by atoms with E-state index in [1.165, 1.54) is 0 Å². The van der Waals surface area contributed by atoms with Crippen molar-refractivity contribution in [2.45, 2.75) is 19.4 Å². The van der Waals surface area contributed by atoms with Crippen LogP contribution in [-0.2, 0) is 20.8 Å². The van der Waals surface area contributed by atoms with Crippen LogP contribution in [0.25, 0.3) is 0 Å². The first-order chi connectivity index (χ1) is 12.3. The molecular formula is C18H31N3O4. The summed E-state index contributed by atoms with van der Waals surface area (Å²) in [5.41, 5.74) is 11.8. The lowest BCUT2D eigenvalue weighted by atomic mass is 10.2. The lowest BCUT2D eigenvalue weighted by Crippen LogP contribution is -2.37. The van der Waals surface area contributed by atoms with Crippen LogP contribution in [0.15, 0.2) is 30.3 Å². The molecular weight excluding hydrogens is 322 g/mol. The summed E-state index contributed by atoms with van der Waals surface area (Å²) >= 11 is 0. The van der Waals surface area contributed by atoms with Gasteiger partial charge >= 0.3 is 6.09 Å². The fraction of sp³-hybridized carbons (Fsp3) is 0.611. The van der Waals surface area contributed by atoms with E-state index in [2.05, 4.69) is 0 Å². The smallest absolute Gasteiger partial charge is 0.410 e. The third kappa shape index (κ3) is 10.7. The van der Waals surface area contributed by atoms with E-state index < -0.39 is 0 Å². The summed E-state index contributed by atoms with van der Waals surface area (Å²) in [6.07, 6.45) is 1.25. The van der Waals surface area contributed by atoms with Crippen LogP contribution in [0, 0.1) is 0 Å². The molecule has 0 bridgehead atoms. The van der Waals surface area contributed by atoms with Crippen LogP contribution in [0.2, 0.25) is 0 Å². The van der Waals surface area contributed by atoms with Gasteiger partial charge in [0.25, 0.3) is 0 Å². The number of hydrogen-bond donors (Lipinski definition) is 2. The molecule has 0 atom stereocenters. The third-order valence-electron chi connectivity index (χ3n) is 3.46. The first-order valence-corrected chi connectivity index (χ1v) is 8.79. The summed E-state index contributed by atoms with van der Waals surface area (Å²) in [4.78, 5) is 13.9. The van der Waals surface area contributed by atoms with Gasteiger partial charge in [-0.2, -0.15) is 0 Å². The first-order valence-electron chi connectivity index (χ1n) is 8.79. The van der Waals surface area contributed by atoms with Gasteiger partial charge in [-0.15, -0.1) is 0 Å². The molecule has 0 unspecified atom stereocenters. The Morgan fingerprint density at radius 1 is 0.880 bits per heavy atom. The molecule has 7 nitrogen and oxygen atoms in total. The molecule has 0 aliphatic carbocycles. The number of carbonyl (C=O) groups is 1. The highest BCUT2D eigenvalue weighted by atomic mass is 16.6. The second kappa shape index (κ2) is 14.7. The van der Waals surface area contributed by atoms with Gasteiger partial charge in [-0.05, 0) is 31.5 Å². The minimum Gasteiger partial charge on any atom is -0.445 e. The Hall–Kier alpha value is -1.67. The Labute approximate surface area is 150 Å². The van der Waals surface area contributed by atoms with Crippen LogP contribution in [0.4, 0.5) is 4.79 Å². The van der Waals surface area contributed by atoms with E-state index in [0.717, 1.165) is 18.4 Å². The lowest BCUT2D eigenvalue weighted by Gasteiger charge is -2.22. The summed E-state index contributed by atoms with van der Waals surface area (Å²) in [6.45, 7) is 4.43. The third-order valence-corrected chi connectivity index (χ3v) is 3.46. The zero-order valence-corrected chi connectivity index (χ0v) is 14.9. The quantitative estimate of drug-likeness (QED) is 0.490. The van der Waals surface area contributed by atoms with Gasteiger partial charge in [0.15, 0.2) is 0 Å². The van der Waals surface area contributed by atoms with Crippen molar-refractivity contribution in [1.29, 1.82) is 0 Å². The highest BCUT2D eigenvalue weighted by Gasteiger charge is 2.15. The predicted molar refractivity (Wildman–Crippen MR) is 97.2 cm³/mol. The Bertz CT molecular complexity index is 431. The van der Waals surface area contributed by atoms with Crippen LogP contribution in [-0.4, -0.2) is 63.6 Å². The van der Waals surface area contributed by atoms with E-state index >= 15 is 0 Å². The number of ether oxygens (including phenoxy) is 3. The van der Waals surface area contributed by atoms with Crippen molar-refractivity contribution < 1.29 is 19.0 Å². The summed E-state index contributed by atoms with van der Waals surface area (Å²) in [6, 6.07) is 9.59. The molecule has 0 saturated heterocycles. The molecule has 0 saturated carbocycles. The van der Waals surface area contributed by atoms with E-state index in [1.807, 2.05) is 30.3 Å². The fourth-order valence-corrected chi connectivity index (χ4v) is 2.03. The molecule has 0 radical (unpaired) electrons. The van der Waals surface area contributed by atoms with Crippen LogP contribution in [0.1, 0.15) is 18.4 Å². The minimum absolute atomic E-state index is 0.248. The summed E-state index contributed by atoms with van der Waals surface area (Å²) in [7, 11) is 0. The molecule has 0 fully saturated rings. The molecule has 0 spiro atoms. The molecule has 1 aromatic rings. The SMILES string of the molecule is NCCCOCCN(CCOCCCN)C(=O)OCc1ccccc1. The molecule has 1 amide bonds. The molecule has 0 aliphatic rings. The normalized spacial score (nSPS) is 10.6. The van der Waals surface area contributed by atoms with Crippen LogP contribution in [0.5, 0.6) is 0 Å². The molecule has 0 heterocycles. The predicted octanol–water partition coefficient (Wildman–Crippen LogP) is 1.36. The monoisotopic (exact) mass is 353 g/mol. The number of rotatable bonds is 14. The van der Waals surface area contributed by atoms with Crippen molar-refractivity contribution in [3.05, 3.63) is 35.9 Å². The van der Waals surface area contributed by atoms with Gasteiger partial charge in [-0.25, -0.2) is 4.79 Å². The first kappa shape index (κ1) is 21.4. The average molecular weight is 353 g/mol. The Morgan fingerprint density at radius 3 is 1.96 bits per heavy atom. The number of amides is 1. The largest absolute Gasteiger partial charge is 0.445 e. The topological polar surface area (TPSA) is 100 Å². The van der Waals surface area contributed by atoms with Crippen LogP contribution in [0.3, 0.4) is 0 Å². The van der Waals surface area contributed by atoms with Gasteiger partial charge in [-0.1, -0.05) is 30.3 Å². The van der Waals surface area contributed by atoms with Crippen molar-refractivity contribution >= 4 is 6.09 Å². The van der Waals surface area contributed by atoms with Crippen molar-refractivity contribution in [3.8, 4) is 0 Å². The standard InChI is InChI=1S/C18H31N3O4/c19-8-4-12-23-14-10-21(11-15-24-13-5-9-20)18(22)25-16-17-6-2-1-3-7-17/h1-3,6-7H,4-5,8-16,19-20H2. The highest BCUT2D eigenvalue weighted by molar-refractivity contribution is 5.67. The van der Waals surface area contributed by atoms with Gasteiger partial charge in [0, 0.05) is 26.3 Å². The number of hydrogen-bond acceptors (Lipinski definition) is 6. The van der Waals surface area contributed by atoms with Gasteiger partial charge in [0.05, 0.1) is 13.2 Å². The van der Waals surface area contributed by atoms with Gasteiger partial charge in [-0.3, -0.25) is 0 Å². The zero-order valence-electron chi connectivity index (χ0n) is 14.9. The van der Waals surface area contributed by atoms with Crippen LogP contribution < -0.4 is 11.5 Å². The lowest BCUT2D eigenvalue weighted by molar-refractivity contribution is 0.0524. The van der Waals surface area contributed by atoms with Crippen molar-refractivity contribution in [2.75, 3.05) is 52.6 Å². The Kier molecular flexibility index (Phi) is 12.5.